The Hall–Kier alpha value is -4.80. The van der Waals surface area contributed by atoms with Crippen LogP contribution in [-0.4, -0.2) is 52.5 Å². The number of ether oxygens (including phenoxy) is 1. The first kappa shape index (κ1) is 31.7. The average Bonchev–Trinajstić information content (AvgIpc) is 2.94. The number of nitrogens with two attached hydrogens (primary N) is 1. The van der Waals surface area contributed by atoms with E-state index in [1.165, 1.54) is 49.3 Å². The highest BCUT2D eigenvalue weighted by Gasteiger charge is 2.33. The minimum Gasteiger partial charge on any atom is -0.477 e. The van der Waals surface area contributed by atoms with Crippen molar-refractivity contribution < 1.29 is 24.3 Å². The molecule has 1 aromatic carbocycles. The highest BCUT2D eigenvalue weighted by Crippen LogP contribution is 2.32. The van der Waals surface area contributed by atoms with Crippen molar-refractivity contribution in [3.63, 3.8) is 0 Å². The summed E-state index contributed by atoms with van der Waals surface area (Å²) in [4.78, 5) is 35.0. The largest absolute Gasteiger partial charge is 0.477 e. The lowest BCUT2D eigenvalue weighted by atomic mass is 9.89. The number of anilines is 2. The molecule has 0 aliphatic heterocycles. The fraction of sp³-hybridized carbons (Fsp3) is 0.286. The summed E-state index contributed by atoms with van der Waals surface area (Å²) in [5.74, 6) is -2.12. The number of halogens is 2. The second-order valence-electron chi connectivity index (χ2n) is 9.80. The number of carboxylic acids is 1. The molecule has 0 aliphatic carbocycles. The molecule has 2 aromatic heterocycles. The topological polar surface area (TPSA) is 174 Å². The molecule has 3 rings (SSSR count). The Morgan fingerprint density at radius 3 is 2.55 bits per heavy atom. The lowest BCUT2D eigenvalue weighted by Crippen LogP contribution is -2.78. The van der Waals surface area contributed by atoms with E-state index in [0.717, 1.165) is 6.07 Å². The molecule has 42 heavy (non-hydrogen) atoms. The van der Waals surface area contributed by atoms with Gasteiger partial charge in [-0.05, 0) is 23.8 Å². The molecule has 0 saturated heterocycles. The third-order valence-electron chi connectivity index (χ3n) is 6.27. The summed E-state index contributed by atoms with van der Waals surface area (Å²) in [6.07, 6.45) is 2.96. The van der Waals surface area contributed by atoms with Gasteiger partial charge in [0.15, 0.2) is 5.71 Å². The molecule has 12 nitrogen and oxygen atoms in total. The Labute approximate surface area is 246 Å². The van der Waals surface area contributed by atoms with Gasteiger partial charge >= 0.3 is 5.97 Å². The van der Waals surface area contributed by atoms with Gasteiger partial charge in [0.2, 0.25) is 11.6 Å². The molecule has 0 amide bonds. The van der Waals surface area contributed by atoms with Gasteiger partial charge in [-0.2, -0.15) is 10.2 Å². The summed E-state index contributed by atoms with van der Waals surface area (Å²) < 4.78 is 21.6. The molecular formula is C28H31ClFN8O4+. The van der Waals surface area contributed by atoms with Crippen molar-refractivity contribution in [1.82, 2.24) is 14.5 Å². The number of aromatic nitrogens is 3. The fourth-order valence-corrected chi connectivity index (χ4v) is 4.43. The van der Waals surface area contributed by atoms with Gasteiger partial charge in [0.05, 0.1) is 36.2 Å². The third-order valence-corrected chi connectivity index (χ3v) is 6.55. The molecule has 0 spiro atoms. The second kappa shape index (κ2) is 13.2. The van der Waals surface area contributed by atoms with Crippen LogP contribution in [0.2, 0.25) is 5.02 Å². The number of pyridine rings is 1. The number of nitrogens with one attached hydrogen (secondary N) is 2. The molecule has 2 heterocycles. The van der Waals surface area contributed by atoms with Crippen molar-refractivity contribution in [2.45, 2.75) is 19.9 Å². The van der Waals surface area contributed by atoms with Crippen molar-refractivity contribution in [3.05, 3.63) is 80.2 Å². The predicted octanol–water partition coefficient (Wildman–Crippen LogP) is 2.98. The summed E-state index contributed by atoms with van der Waals surface area (Å²) in [5, 5.41) is 32.6. The number of rotatable bonds is 11. The van der Waals surface area contributed by atoms with Crippen molar-refractivity contribution in [2.75, 3.05) is 31.4 Å². The van der Waals surface area contributed by atoms with Crippen LogP contribution >= 0.6 is 11.6 Å². The first-order chi connectivity index (χ1) is 19.8. The van der Waals surface area contributed by atoms with Crippen LogP contribution in [0.4, 0.5) is 21.7 Å². The maximum atomic E-state index is 14.9. The Morgan fingerprint density at radius 1 is 1.33 bits per heavy atom. The average molecular weight is 598 g/mol. The van der Waals surface area contributed by atoms with Gasteiger partial charge in [0.25, 0.3) is 11.4 Å². The molecule has 5 N–H and O–H groups in total. The van der Waals surface area contributed by atoms with E-state index in [1.807, 2.05) is 13.8 Å². The van der Waals surface area contributed by atoms with Crippen LogP contribution in [0.3, 0.4) is 0 Å². The second-order valence-corrected chi connectivity index (χ2v) is 10.2. The van der Waals surface area contributed by atoms with E-state index in [9.17, 15) is 24.3 Å². The first-order valence-electron chi connectivity index (χ1n) is 12.6. The molecule has 0 fully saturated rings. The number of aliphatic carboxylic acids is 1. The highest BCUT2D eigenvalue weighted by molar-refractivity contribution is 6.41. The van der Waals surface area contributed by atoms with Crippen molar-refractivity contribution in [1.29, 1.82) is 10.7 Å². The lowest BCUT2D eigenvalue weighted by molar-refractivity contribution is -0.526. The molecular weight excluding hydrogens is 567 g/mol. The quantitative estimate of drug-likeness (QED) is 0.242. The van der Waals surface area contributed by atoms with E-state index in [4.69, 9.17) is 21.7 Å². The van der Waals surface area contributed by atoms with Crippen molar-refractivity contribution in [2.24, 2.45) is 13.0 Å². The summed E-state index contributed by atoms with van der Waals surface area (Å²) >= 11 is 6.14. The molecule has 0 saturated carbocycles. The zero-order chi connectivity index (χ0) is 31.3. The number of carboxylic acid groups (broad SMARTS) is 1. The summed E-state index contributed by atoms with van der Waals surface area (Å²) in [6, 6.07) is 5.80. The normalized spacial score (nSPS) is 12.3. The van der Waals surface area contributed by atoms with Gasteiger partial charge in [0.1, 0.15) is 22.6 Å². The highest BCUT2D eigenvalue weighted by atomic mass is 35.5. The number of carbonyl (C=O) groups is 1. The van der Waals surface area contributed by atoms with Crippen LogP contribution in [0.5, 0.6) is 5.88 Å². The Bertz CT molecular complexity index is 1640. The molecule has 0 radical (unpaired) electrons. The van der Waals surface area contributed by atoms with Gasteiger partial charge in [0, 0.05) is 33.3 Å². The van der Waals surface area contributed by atoms with Gasteiger partial charge in [-0.25, -0.2) is 14.2 Å². The van der Waals surface area contributed by atoms with Crippen LogP contribution in [0.25, 0.3) is 0 Å². The standard InChI is InChI=1S/C28H30ClFN8O4/c1-14(2)23(35-20-12-33-28(37(3)4)36-25(20)42-6)21(22(32)27(40)41)24(15-7-8-16(11-31)19(30)9-15)34-17-10-18(29)26(39)38(5)13-17/h7-10,12-14,24,32,34-35H,1-6H3,(H,40,41)/p+1/b23-21+,32-22?. The van der Waals surface area contributed by atoms with E-state index in [0.29, 0.717) is 23.0 Å². The maximum absolute atomic E-state index is 14.9. The molecule has 1 atom stereocenters. The molecule has 0 bridgehead atoms. The summed E-state index contributed by atoms with van der Waals surface area (Å²) in [5.41, 5.74) is -0.121. The number of nitriles is 1. The minimum absolute atomic E-state index is 0.00896. The summed E-state index contributed by atoms with van der Waals surface area (Å²) in [7, 11) is 6.46. The first-order valence-corrected chi connectivity index (χ1v) is 13.0. The van der Waals surface area contributed by atoms with E-state index in [2.05, 4.69) is 15.3 Å². The Balaban J connectivity index is 2.36. The number of quaternary nitrogens is 1. The van der Waals surface area contributed by atoms with E-state index >= 15 is 0 Å². The van der Waals surface area contributed by atoms with Crippen LogP contribution in [0.1, 0.15) is 31.0 Å². The Morgan fingerprint density at radius 2 is 2.02 bits per heavy atom. The van der Waals surface area contributed by atoms with E-state index in [-0.39, 0.29) is 33.5 Å². The molecule has 3 aromatic rings. The number of aryl methyl sites for hydroxylation is 1. The van der Waals surface area contributed by atoms with Crippen molar-refractivity contribution >= 4 is 40.6 Å². The predicted molar refractivity (Wildman–Crippen MR) is 156 cm³/mol. The van der Waals surface area contributed by atoms with Crippen molar-refractivity contribution in [3.8, 4) is 11.9 Å². The smallest absolute Gasteiger partial charge is 0.354 e. The minimum atomic E-state index is -1.53. The summed E-state index contributed by atoms with van der Waals surface area (Å²) in [6.45, 7) is 3.62. The van der Waals surface area contributed by atoms with Crippen LogP contribution in [0.15, 0.2) is 52.7 Å². The Kier molecular flexibility index (Phi) is 10.0. The molecule has 220 valence electrons. The van der Waals surface area contributed by atoms with Gasteiger partial charge in [-0.15, -0.1) is 0 Å². The molecule has 1 unspecified atom stereocenters. The number of hydrogen-bond donors (Lipinski definition) is 4. The fourth-order valence-electron chi connectivity index (χ4n) is 4.18. The molecule has 0 aliphatic rings. The maximum Gasteiger partial charge on any atom is 0.354 e. The van der Waals surface area contributed by atoms with Crippen LogP contribution in [0, 0.1) is 28.5 Å². The number of methoxy groups -OCH3 is 1. The number of nitrogens with zero attached hydrogens (tertiary/aromatic N) is 5. The van der Waals surface area contributed by atoms with Gasteiger partial charge < -0.3 is 24.6 Å². The van der Waals surface area contributed by atoms with Crippen LogP contribution in [-0.2, 0) is 11.8 Å². The monoisotopic (exact) mass is 597 g/mol. The molecule has 14 heteroatoms. The third kappa shape index (κ3) is 6.91. The lowest BCUT2D eigenvalue weighted by Gasteiger charge is -2.26. The van der Waals surface area contributed by atoms with Crippen LogP contribution < -0.4 is 25.8 Å². The van der Waals surface area contributed by atoms with Gasteiger partial charge in [-0.1, -0.05) is 31.5 Å². The number of allylic oxidation sites excluding steroid dienone is 1. The number of hydrogen-bond acceptors (Lipinski definition) is 9. The van der Waals surface area contributed by atoms with E-state index in [1.54, 1.807) is 30.4 Å². The van der Waals surface area contributed by atoms with Gasteiger partial charge in [-0.3, -0.25) is 15.5 Å². The number of benzene rings is 1. The van der Waals surface area contributed by atoms with E-state index < -0.39 is 29.1 Å². The SMILES string of the molecule is COc1nc(N(C)C)ncc1[NH2+]/C(=C(\C(=N)C(=O)O)C(Nc1cc(Cl)c(=O)n(C)c1)c1ccc(C#N)c(F)c1)C(C)C. The zero-order valence-corrected chi connectivity index (χ0v) is 24.6. The zero-order valence-electron chi connectivity index (χ0n) is 23.9.